The second-order valence-electron chi connectivity index (χ2n) is 3.49. The van der Waals surface area contributed by atoms with Gasteiger partial charge in [-0.3, -0.25) is 4.68 Å². The van der Waals surface area contributed by atoms with Gasteiger partial charge in [0.05, 0.1) is 5.69 Å². The predicted octanol–water partition coefficient (Wildman–Crippen LogP) is 1.96. The van der Waals surface area contributed by atoms with Crippen LogP contribution in [0.1, 0.15) is 38.8 Å². The molecule has 0 bridgehead atoms. The molecule has 0 N–H and O–H groups in total. The molecule has 0 aliphatic heterocycles. The van der Waals surface area contributed by atoms with Gasteiger partial charge in [0.2, 0.25) is 0 Å². The van der Waals surface area contributed by atoms with Crippen molar-refractivity contribution < 1.29 is 0 Å². The molecule has 1 aromatic heterocycles. The average molecular weight is 167 g/mol. The van der Waals surface area contributed by atoms with Gasteiger partial charge in [-0.1, -0.05) is 32.4 Å². The summed E-state index contributed by atoms with van der Waals surface area (Å²) < 4.78 is 1.76. The van der Waals surface area contributed by atoms with Crippen molar-refractivity contribution in [1.82, 2.24) is 15.0 Å². The van der Waals surface area contributed by atoms with Gasteiger partial charge in [0.15, 0.2) is 0 Å². The van der Waals surface area contributed by atoms with Crippen molar-refractivity contribution in [2.75, 3.05) is 0 Å². The summed E-state index contributed by atoms with van der Waals surface area (Å²) in [4.78, 5) is 0. The van der Waals surface area contributed by atoms with Crippen LogP contribution in [0.25, 0.3) is 0 Å². The molecular formula is C9H17N3. The zero-order valence-electron chi connectivity index (χ0n) is 8.28. The van der Waals surface area contributed by atoms with Crippen molar-refractivity contribution in [3.8, 4) is 0 Å². The van der Waals surface area contributed by atoms with Crippen LogP contribution in [0.5, 0.6) is 0 Å². The van der Waals surface area contributed by atoms with Crippen LogP contribution >= 0.6 is 0 Å². The first-order chi connectivity index (χ1) is 5.65. The van der Waals surface area contributed by atoms with E-state index in [2.05, 4.69) is 31.1 Å². The third-order valence-corrected chi connectivity index (χ3v) is 2.58. The molecule has 68 valence electrons. The molecule has 0 aliphatic carbocycles. The summed E-state index contributed by atoms with van der Waals surface area (Å²) in [6, 6.07) is 0. The summed E-state index contributed by atoms with van der Waals surface area (Å²) in [5, 5.41) is 8.02. The fourth-order valence-corrected chi connectivity index (χ4v) is 1.22. The van der Waals surface area contributed by atoms with Gasteiger partial charge in [-0.05, 0) is 5.92 Å². The monoisotopic (exact) mass is 167 g/mol. The highest BCUT2D eigenvalue weighted by Gasteiger charge is 2.15. The molecular weight excluding hydrogens is 150 g/mol. The fourth-order valence-electron chi connectivity index (χ4n) is 1.22. The lowest BCUT2D eigenvalue weighted by Gasteiger charge is -2.14. The van der Waals surface area contributed by atoms with Gasteiger partial charge in [-0.2, -0.15) is 0 Å². The maximum Gasteiger partial charge on any atom is 0.0857 e. The number of hydrogen-bond donors (Lipinski definition) is 0. The normalized spacial score (nSPS) is 16.0. The van der Waals surface area contributed by atoms with Gasteiger partial charge in [0.25, 0.3) is 0 Å². The predicted molar refractivity (Wildman–Crippen MR) is 48.9 cm³/mol. The Balaban J connectivity index is 2.70. The van der Waals surface area contributed by atoms with Crippen molar-refractivity contribution in [3.63, 3.8) is 0 Å². The summed E-state index contributed by atoms with van der Waals surface area (Å²) in [6.07, 6.45) is 3.19. The van der Waals surface area contributed by atoms with E-state index < -0.39 is 0 Å². The lowest BCUT2D eigenvalue weighted by atomic mass is 9.91. The number of aromatic nitrogens is 3. The zero-order chi connectivity index (χ0) is 9.14. The Bertz CT molecular complexity index is 242. The van der Waals surface area contributed by atoms with Gasteiger partial charge in [0.1, 0.15) is 0 Å². The van der Waals surface area contributed by atoms with Crippen LogP contribution in [-0.4, -0.2) is 15.0 Å². The number of aryl methyl sites for hydroxylation is 1. The molecule has 2 atom stereocenters. The Kier molecular flexibility index (Phi) is 2.84. The van der Waals surface area contributed by atoms with Gasteiger partial charge >= 0.3 is 0 Å². The maximum absolute atomic E-state index is 4.10. The molecule has 2 unspecified atom stereocenters. The molecule has 0 saturated heterocycles. The highest BCUT2D eigenvalue weighted by Crippen LogP contribution is 2.23. The molecule has 0 aliphatic rings. The van der Waals surface area contributed by atoms with Crippen LogP contribution in [0, 0.1) is 5.92 Å². The molecule has 0 fully saturated rings. The molecule has 1 rings (SSSR count). The molecule has 0 saturated carbocycles. The standard InChI is InChI=1S/C9H17N3/c1-5-7(2)8(3)9-6-12(4)11-10-9/h6-8H,5H2,1-4H3. The van der Waals surface area contributed by atoms with Crippen LogP contribution in [-0.2, 0) is 7.05 Å². The molecule has 0 aromatic carbocycles. The first-order valence-corrected chi connectivity index (χ1v) is 4.51. The molecule has 1 heterocycles. The topological polar surface area (TPSA) is 30.7 Å². The minimum absolute atomic E-state index is 0.517. The summed E-state index contributed by atoms with van der Waals surface area (Å²) in [7, 11) is 1.90. The Hall–Kier alpha value is -0.860. The zero-order valence-corrected chi connectivity index (χ0v) is 8.28. The summed E-state index contributed by atoms with van der Waals surface area (Å²) in [5.74, 6) is 1.20. The quantitative estimate of drug-likeness (QED) is 0.689. The lowest BCUT2D eigenvalue weighted by molar-refractivity contribution is 0.464. The second-order valence-corrected chi connectivity index (χ2v) is 3.49. The van der Waals surface area contributed by atoms with Crippen molar-refractivity contribution in [3.05, 3.63) is 11.9 Å². The number of nitrogens with zero attached hydrogens (tertiary/aromatic N) is 3. The number of rotatable bonds is 3. The molecule has 3 heteroatoms. The van der Waals surface area contributed by atoms with Crippen molar-refractivity contribution in [2.45, 2.75) is 33.1 Å². The van der Waals surface area contributed by atoms with E-state index in [0.717, 1.165) is 5.69 Å². The van der Waals surface area contributed by atoms with Crippen LogP contribution in [0.4, 0.5) is 0 Å². The van der Waals surface area contributed by atoms with Crippen LogP contribution < -0.4 is 0 Å². The molecule has 0 radical (unpaired) electrons. The fraction of sp³-hybridized carbons (Fsp3) is 0.778. The second kappa shape index (κ2) is 3.70. The van der Waals surface area contributed by atoms with E-state index in [0.29, 0.717) is 11.8 Å². The minimum atomic E-state index is 0.517. The molecule has 0 amide bonds. The Morgan fingerprint density at radius 2 is 2.17 bits per heavy atom. The van der Waals surface area contributed by atoms with E-state index >= 15 is 0 Å². The Labute approximate surface area is 73.8 Å². The largest absolute Gasteiger partial charge is 0.255 e. The maximum atomic E-state index is 4.10. The Morgan fingerprint density at radius 1 is 1.50 bits per heavy atom. The smallest absolute Gasteiger partial charge is 0.0857 e. The lowest BCUT2D eigenvalue weighted by Crippen LogP contribution is -2.05. The third kappa shape index (κ3) is 1.84. The van der Waals surface area contributed by atoms with Crippen molar-refractivity contribution in [1.29, 1.82) is 0 Å². The molecule has 3 nitrogen and oxygen atoms in total. The van der Waals surface area contributed by atoms with Crippen molar-refractivity contribution >= 4 is 0 Å². The van der Waals surface area contributed by atoms with Gasteiger partial charge in [-0.15, -0.1) is 5.10 Å². The van der Waals surface area contributed by atoms with Gasteiger partial charge < -0.3 is 0 Å². The van der Waals surface area contributed by atoms with E-state index in [9.17, 15) is 0 Å². The summed E-state index contributed by atoms with van der Waals surface area (Å²) in [6.45, 7) is 6.66. The van der Waals surface area contributed by atoms with Crippen LogP contribution in [0.15, 0.2) is 6.20 Å². The minimum Gasteiger partial charge on any atom is -0.255 e. The van der Waals surface area contributed by atoms with E-state index in [1.165, 1.54) is 6.42 Å². The highest BCUT2D eigenvalue weighted by atomic mass is 15.4. The first kappa shape index (κ1) is 9.23. The average Bonchev–Trinajstić information content (AvgIpc) is 2.49. The Morgan fingerprint density at radius 3 is 2.58 bits per heavy atom. The highest BCUT2D eigenvalue weighted by molar-refractivity contribution is 5.01. The van der Waals surface area contributed by atoms with E-state index in [-0.39, 0.29) is 0 Å². The third-order valence-electron chi connectivity index (χ3n) is 2.58. The van der Waals surface area contributed by atoms with Gasteiger partial charge in [-0.25, -0.2) is 0 Å². The SMILES string of the molecule is CCC(C)C(C)c1cn(C)nn1. The molecule has 12 heavy (non-hydrogen) atoms. The summed E-state index contributed by atoms with van der Waals surface area (Å²) >= 11 is 0. The first-order valence-electron chi connectivity index (χ1n) is 4.51. The van der Waals surface area contributed by atoms with Crippen LogP contribution in [0.3, 0.4) is 0 Å². The van der Waals surface area contributed by atoms with E-state index in [4.69, 9.17) is 0 Å². The van der Waals surface area contributed by atoms with Gasteiger partial charge in [0, 0.05) is 19.2 Å². The molecule has 1 aromatic rings. The molecule has 0 spiro atoms. The van der Waals surface area contributed by atoms with E-state index in [1.807, 2.05) is 13.2 Å². The van der Waals surface area contributed by atoms with E-state index in [1.54, 1.807) is 4.68 Å². The van der Waals surface area contributed by atoms with Crippen LogP contribution in [0.2, 0.25) is 0 Å². The summed E-state index contributed by atoms with van der Waals surface area (Å²) in [5.41, 5.74) is 1.10. The van der Waals surface area contributed by atoms with Crippen molar-refractivity contribution in [2.24, 2.45) is 13.0 Å². The number of hydrogen-bond acceptors (Lipinski definition) is 2.